The second-order valence-electron chi connectivity index (χ2n) is 18.6. The number of nitrogens with zero attached hydrogens (tertiary/aromatic N) is 7. The molecule has 75 heavy (non-hydrogen) atoms. The summed E-state index contributed by atoms with van der Waals surface area (Å²) in [5.74, 6) is 3.21. The van der Waals surface area contributed by atoms with Crippen molar-refractivity contribution in [1.82, 2.24) is 29.9 Å². The molecule has 0 N–H and O–H groups in total. The zero-order valence-electron chi connectivity index (χ0n) is 40.5. The summed E-state index contributed by atoms with van der Waals surface area (Å²) in [5, 5.41) is 10.3. The first-order valence-electron chi connectivity index (χ1n) is 24.9. The van der Waals surface area contributed by atoms with Gasteiger partial charge in [0.05, 0.1) is 17.0 Å². The number of hydrogen-bond acceptors (Lipinski definition) is 7. The highest BCUT2D eigenvalue weighted by atomic mass is 15.0. The molecule has 7 heteroatoms. The average Bonchev–Trinajstić information content (AvgIpc) is 3.93. The van der Waals surface area contributed by atoms with Crippen LogP contribution in [0.4, 0.5) is 0 Å². The molecule has 0 fully saturated rings. The highest BCUT2D eigenvalue weighted by molar-refractivity contribution is 5.90. The summed E-state index contributed by atoms with van der Waals surface area (Å²) < 4.78 is 0. The third-order valence-corrected chi connectivity index (χ3v) is 14.1. The number of aromatic nitrogens is 6. The van der Waals surface area contributed by atoms with E-state index in [2.05, 4.69) is 152 Å². The number of fused-ring (bicyclic) bond motifs is 3. The van der Waals surface area contributed by atoms with Crippen molar-refractivity contribution in [2.75, 3.05) is 0 Å². The van der Waals surface area contributed by atoms with Crippen LogP contribution < -0.4 is 0 Å². The van der Waals surface area contributed by atoms with Gasteiger partial charge in [-0.15, -0.1) is 0 Å². The Labute approximate surface area is 434 Å². The molecule has 0 amide bonds. The van der Waals surface area contributed by atoms with Gasteiger partial charge >= 0.3 is 0 Å². The maximum absolute atomic E-state index is 10.3. The molecule has 2 aromatic heterocycles. The standard InChI is InChI=1S/C68H43N7/c69-44-45-31-37-58-59-38-36-52(43-61(59)68(60(58)39-45,56-27-15-5-16-28-56)57-29-17-6-18-30-57)53-40-54(66-72-62(48-21-9-2-10-22-48)70-63(73-66)49-23-11-3-12-24-49)42-55(41-53)67-74-64(50-25-13-4-14-26-50)71-65(75-67)51-34-32-47(33-35-51)46-19-7-1-8-20-46/h1-43H. The molecule has 10 aromatic carbocycles. The SMILES string of the molecule is N#Cc1ccc2c(c1)C(c1ccccc1)(c1ccccc1)c1cc(-c3cc(-c4nc(-c5ccccc5)nc(-c5ccccc5)n4)cc(-c4nc(-c5ccccc5)nc(-c5ccc(-c6ccccc6)cc5)n4)c3)ccc1-2. The summed E-state index contributed by atoms with van der Waals surface area (Å²) in [5.41, 5.74) is 15.5. The lowest BCUT2D eigenvalue weighted by Gasteiger charge is -2.34. The molecule has 350 valence electrons. The van der Waals surface area contributed by atoms with Crippen LogP contribution in [-0.4, -0.2) is 29.9 Å². The first-order chi connectivity index (χ1) is 37.1. The summed E-state index contributed by atoms with van der Waals surface area (Å²) in [6, 6.07) is 91.8. The van der Waals surface area contributed by atoms with Gasteiger partial charge in [0.2, 0.25) is 0 Å². The number of hydrogen-bond donors (Lipinski definition) is 0. The van der Waals surface area contributed by atoms with Gasteiger partial charge in [-0.3, -0.25) is 0 Å². The molecule has 12 aromatic rings. The van der Waals surface area contributed by atoms with Crippen molar-refractivity contribution >= 4 is 0 Å². The maximum atomic E-state index is 10.3. The third-order valence-electron chi connectivity index (χ3n) is 14.1. The Morgan fingerprint density at radius 3 is 0.987 bits per heavy atom. The molecule has 7 nitrogen and oxygen atoms in total. The Bertz CT molecular complexity index is 3990. The molecule has 0 unspecified atom stereocenters. The largest absolute Gasteiger partial charge is 0.208 e. The predicted octanol–water partition coefficient (Wildman–Crippen LogP) is 15.6. The summed E-state index contributed by atoms with van der Waals surface area (Å²) in [7, 11) is 0. The predicted molar refractivity (Wildman–Crippen MR) is 299 cm³/mol. The van der Waals surface area contributed by atoms with Crippen LogP contribution in [0.1, 0.15) is 27.8 Å². The van der Waals surface area contributed by atoms with Crippen LogP contribution in [0.2, 0.25) is 0 Å². The average molecular weight is 958 g/mol. The van der Waals surface area contributed by atoms with Gasteiger partial charge in [0.15, 0.2) is 34.9 Å². The van der Waals surface area contributed by atoms with Crippen molar-refractivity contribution in [2.24, 2.45) is 0 Å². The normalized spacial score (nSPS) is 12.1. The minimum Gasteiger partial charge on any atom is -0.208 e. The third kappa shape index (κ3) is 8.23. The molecular formula is C68H43N7. The highest BCUT2D eigenvalue weighted by Crippen LogP contribution is 2.57. The van der Waals surface area contributed by atoms with Crippen LogP contribution in [0, 0.1) is 11.3 Å². The van der Waals surface area contributed by atoms with Crippen LogP contribution in [0.3, 0.4) is 0 Å². The quantitative estimate of drug-likeness (QED) is 0.135. The lowest BCUT2D eigenvalue weighted by Crippen LogP contribution is -2.28. The minimum absolute atomic E-state index is 0.496. The summed E-state index contributed by atoms with van der Waals surface area (Å²) in [6.45, 7) is 0. The van der Waals surface area contributed by atoms with Gasteiger partial charge in [-0.2, -0.15) is 5.26 Å². The Kier molecular flexibility index (Phi) is 11.3. The molecule has 1 aliphatic carbocycles. The second kappa shape index (κ2) is 19.0. The molecule has 0 spiro atoms. The van der Waals surface area contributed by atoms with Crippen LogP contribution in [-0.2, 0) is 5.41 Å². The topological polar surface area (TPSA) is 101 Å². The highest BCUT2D eigenvalue weighted by Gasteiger charge is 2.46. The van der Waals surface area contributed by atoms with Crippen LogP contribution in [0.15, 0.2) is 261 Å². The van der Waals surface area contributed by atoms with Crippen molar-refractivity contribution in [3.63, 3.8) is 0 Å². The van der Waals surface area contributed by atoms with Gasteiger partial charge in [-0.25, -0.2) is 29.9 Å². The van der Waals surface area contributed by atoms with E-state index < -0.39 is 5.41 Å². The molecule has 0 saturated carbocycles. The Balaban J connectivity index is 1.06. The zero-order valence-corrected chi connectivity index (χ0v) is 40.5. The molecular weight excluding hydrogens is 915 g/mol. The van der Waals surface area contributed by atoms with Crippen LogP contribution in [0.5, 0.6) is 0 Å². The second-order valence-corrected chi connectivity index (χ2v) is 18.6. The first kappa shape index (κ1) is 44.6. The number of rotatable bonds is 10. The fraction of sp³-hybridized carbons (Fsp3) is 0.0147. The van der Waals surface area contributed by atoms with Gasteiger partial charge in [0, 0.05) is 33.4 Å². The van der Waals surface area contributed by atoms with Crippen molar-refractivity contribution < 1.29 is 0 Å². The Morgan fingerprint density at radius 1 is 0.253 bits per heavy atom. The van der Waals surface area contributed by atoms with Crippen molar-refractivity contribution in [1.29, 1.82) is 5.26 Å². The number of benzene rings is 10. The van der Waals surface area contributed by atoms with Crippen LogP contribution >= 0.6 is 0 Å². The van der Waals surface area contributed by atoms with E-state index in [4.69, 9.17) is 29.9 Å². The maximum Gasteiger partial charge on any atom is 0.164 e. The van der Waals surface area contributed by atoms with E-state index in [0.29, 0.717) is 40.5 Å². The lowest BCUT2D eigenvalue weighted by molar-refractivity contribution is 0.768. The molecule has 1 aliphatic rings. The van der Waals surface area contributed by atoms with E-state index in [9.17, 15) is 5.26 Å². The Hall–Kier alpha value is -10.3. The number of nitriles is 1. The van der Waals surface area contributed by atoms with Crippen LogP contribution in [0.25, 0.3) is 102 Å². The van der Waals surface area contributed by atoms with E-state index in [1.54, 1.807) is 0 Å². The van der Waals surface area contributed by atoms with Crippen molar-refractivity contribution in [3.8, 4) is 108 Å². The fourth-order valence-electron chi connectivity index (χ4n) is 10.5. The molecule has 0 radical (unpaired) electrons. The van der Waals surface area contributed by atoms with E-state index >= 15 is 0 Å². The smallest absolute Gasteiger partial charge is 0.164 e. The van der Waals surface area contributed by atoms with Gasteiger partial charge in [0.25, 0.3) is 0 Å². The van der Waals surface area contributed by atoms with E-state index in [-0.39, 0.29) is 0 Å². The summed E-state index contributed by atoms with van der Waals surface area (Å²) >= 11 is 0. The van der Waals surface area contributed by atoms with E-state index in [1.165, 1.54) is 0 Å². The lowest BCUT2D eigenvalue weighted by atomic mass is 9.67. The molecule has 13 rings (SSSR count). The Morgan fingerprint density at radius 2 is 0.560 bits per heavy atom. The molecule has 0 aliphatic heterocycles. The van der Waals surface area contributed by atoms with Gasteiger partial charge in [0.1, 0.15) is 0 Å². The fourth-order valence-corrected chi connectivity index (χ4v) is 10.5. The molecule has 0 atom stereocenters. The summed E-state index contributed by atoms with van der Waals surface area (Å²) in [6.07, 6.45) is 0. The van der Waals surface area contributed by atoms with Gasteiger partial charge in [-0.1, -0.05) is 224 Å². The monoisotopic (exact) mass is 957 g/mol. The van der Waals surface area contributed by atoms with Crippen molar-refractivity contribution in [3.05, 3.63) is 289 Å². The minimum atomic E-state index is -0.746. The van der Waals surface area contributed by atoms with E-state index in [0.717, 1.165) is 89.0 Å². The summed E-state index contributed by atoms with van der Waals surface area (Å²) in [4.78, 5) is 31.2. The zero-order chi connectivity index (χ0) is 50.1. The van der Waals surface area contributed by atoms with E-state index in [1.807, 2.05) is 115 Å². The first-order valence-corrected chi connectivity index (χ1v) is 24.9. The molecule has 0 saturated heterocycles. The van der Waals surface area contributed by atoms with Gasteiger partial charge in [-0.05, 0) is 92.0 Å². The molecule has 2 heterocycles. The van der Waals surface area contributed by atoms with Crippen molar-refractivity contribution in [2.45, 2.75) is 5.41 Å². The molecule has 0 bridgehead atoms. The van der Waals surface area contributed by atoms with Gasteiger partial charge < -0.3 is 0 Å².